The van der Waals surface area contributed by atoms with E-state index in [4.69, 9.17) is 22.6 Å². The zero-order chi connectivity index (χ0) is 28.6. The molecule has 1 aromatic carbocycles. The average molecular weight is 588 g/mol. The van der Waals surface area contributed by atoms with Crippen LogP contribution in [0.4, 0.5) is 14.5 Å². The molecule has 15 heteroatoms. The van der Waals surface area contributed by atoms with E-state index in [1.165, 1.54) is 60.1 Å². The first kappa shape index (κ1) is 30.9. The summed E-state index contributed by atoms with van der Waals surface area (Å²) >= 11 is 4.76. The second-order valence-electron chi connectivity index (χ2n) is 9.78. The summed E-state index contributed by atoms with van der Waals surface area (Å²) in [4.78, 5) is 19.7. The van der Waals surface area contributed by atoms with E-state index in [1.54, 1.807) is 0 Å². The summed E-state index contributed by atoms with van der Waals surface area (Å²) in [5, 5.41) is 10.4. The number of rotatable bonds is 7. The Kier molecular flexibility index (Phi) is 11.2. The van der Waals surface area contributed by atoms with Crippen LogP contribution in [-0.4, -0.2) is 77.1 Å². The van der Waals surface area contributed by atoms with E-state index >= 15 is 0 Å². The number of thiocarbonyl (C=S) groups is 1. The summed E-state index contributed by atoms with van der Waals surface area (Å²) in [5.74, 6) is 4.12. The Morgan fingerprint density at radius 2 is 1.82 bits per heavy atom. The molecule has 1 aliphatic carbocycles. The van der Waals surface area contributed by atoms with E-state index in [0.29, 0.717) is 5.69 Å². The number of nitrogens with one attached hydrogen (secondary N) is 1. The summed E-state index contributed by atoms with van der Waals surface area (Å²) in [6.45, 7) is 4.84. The lowest BCUT2D eigenvalue weighted by Gasteiger charge is -2.36. The number of carbonyl (C=O) groups is 1. The summed E-state index contributed by atoms with van der Waals surface area (Å²) in [6.07, 6.45) is 7.22. The average Bonchev–Trinajstić information content (AvgIpc) is 3.59. The van der Waals surface area contributed by atoms with E-state index in [-0.39, 0.29) is 61.3 Å². The fraction of sp³-hybridized carbons (Fsp3) is 0.583. The highest BCUT2D eigenvalue weighted by Gasteiger charge is 2.29. The Bertz CT molecular complexity index is 1160. The van der Waals surface area contributed by atoms with Crippen molar-refractivity contribution in [2.45, 2.75) is 39.2 Å². The molecule has 216 valence electrons. The minimum Gasteiger partial charge on any atom is -0.381 e. The molecule has 0 spiro atoms. The zero-order valence-corrected chi connectivity index (χ0v) is 24.1. The number of halogens is 2. The number of piperazine rings is 1. The van der Waals surface area contributed by atoms with Gasteiger partial charge < -0.3 is 24.5 Å². The molecule has 1 saturated heterocycles. The van der Waals surface area contributed by atoms with Crippen LogP contribution in [0.15, 0.2) is 18.3 Å². The Hall–Kier alpha value is -2.67. The van der Waals surface area contributed by atoms with Gasteiger partial charge in [0.15, 0.2) is 11.6 Å². The van der Waals surface area contributed by atoms with Crippen LogP contribution in [0.1, 0.15) is 38.3 Å². The quantitative estimate of drug-likeness (QED) is 0.283. The van der Waals surface area contributed by atoms with Gasteiger partial charge in [0, 0.05) is 52.1 Å². The number of carbonyl (C=O) groups excluding carboxylic acids is 1. The van der Waals surface area contributed by atoms with Crippen molar-refractivity contribution in [1.82, 2.24) is 25.2 Å². The van der Waals surface area contributed by atoms with E-state index < -0.39 is 19.0 Å². The predicted molar refractivity (Wildman–Crippen MR) is 148 cm³/mol. The summed E-state index contributed by atoms with van der Waals surface area (Å²) in [5.41, 5.74) is 0.416. The Morgan fingerprint density at radius 3 is 2.33 bits per heavy atom. The lowest BCUT2D eigenvalue weighted by atomic mass is 10.2. The van der Waals surface area contributed by atoms with Gasteiger partial charge in [0.05, 0.1) is 18.4 Å². The lowest BCUT2D eigenvalue weighted by molar-refractivity contribution is -0.128. The van der Waals surface area contributed by atoms with Crippen molar-refractivity contribution < 1.29 is 27.5 Å². The number of aromatic nitrogens is 3. The second kappa shape index (κ2) is 14.1. The van der Waals surface area contributed by atoms with Crippen LogP contribution in [-0.2, 0) is 25.3 Å². The van der Waals surface area contributed by atoms with E-state index in [2.05, 4.69) is 27.4 Å². The smallest absolute Gasteiger partial charge is 0.278 e. The maximum Gasteiger partial charge on any atom is 0.278 e. The van der Waals surface area contributed by atoms with Gasteiger partial charge in [-0.2, -0.15) is 5.90 Å². The lowest BCUT2D eigenvalue weighted by Crippen LogP contribution is -2.50. The highest BCUT2D eigenvalue weighted by molar-refractivity contribution is 7.80. The van der Waals surface area contributed by atoms with Crippen LogP contribution in [0.25, 0.3) is 5.69 Å². The number of hydrogen-bond donors (Lipinski definition) is 2. The number of amides is 1. The third kappa shape index (κ3) is 8.92. The molecule has 0 radical (unpaired) electrons. The molecule has 3 N–H and O–H groups in total. The molecule has 11 nitrogen and oxygen atoms in total. The van der Waals surface area contributed by atoms with Gasteiger partial charge in [0.1, 0.15) is 17.5 Å². The van der Waals surface area contributed by atoms with Crippen LogP contribution in [0, 0.1) is 17.6 Å². The summed E-state index contributed by atoms with van der Waals surface area (Å²) in [7, 11) is -1.69. The number of benzene rings is 1. The number of nitrogens with two attached hydrogens (primary N) is 1. The SMILES string of the molecule is CC1CCCC1.COP(C)(=O)CC(=O)N1CCN(c2c(F)cc(-n3cc(CNC(=S)ON)nn3)cc2F)CC1. The van der Waals surface area contributed by atoms with Crippen molar-refractivity contribution in [1.29, 1.82) is 0 Å². The van der Waals surface area contributed by atoms with Crippen LogP contribution in [0.2, 0.25) is 0 Å². The largest absolute Gasteiger partial charge is 0.381 e. The van der Waals surface area contributed by atoms with Crippen molar-refractivity contribution in [3.05, 3.63) is 35.7 Å². The van der Waals surface area contributed by atoms with Gasteiger partial charge in [-0.15, -0.1) is 5.10 Å². The van der Waals surface area contributed by atoms with Gasteiger partial charge >= 0.3 is 0 Å². The predicted octanol–water partition coefficient (Wildman–Crippen LogP) is 3.21. The number of anilines is 1. The molecule has 1 atom stereocenters. The molecule has 1 saturated carbocycles. The van der Waals surface area contributed by atoms with Crippen molar-refractivity contribution in [3.8, 4) is 5.69 Å². The van der Waals surface area contributed by atoms with Crippen LogP contribution in [0.3, 0.4) is 0 Å². The molecular formula is C24H36F2N7O4PS. The molecule has 2 heterocycles. The van der Waals surface area contributed by atoms with Gasteiger partial charge in [0.25, 0.3) is 5.17 Å². The van der Waals surface area contributed by atoms with Crippen LogP contribution >= 0.6 is 19.6 Å². The maximum absolute atomic E-state index is 14.9. The van der Waals surface area contributed by atoms with Crippen molar-refractivity contribution in [2.24, 2.45) is 11.8 Å². The van der Waals surface area contributed by atoms with Crippen LogP contribution < -0.4 is 16.1 Å². The highest BCUT2D eigenvalue weighted by Crippen LogP contribution is 2.41. The first-order valence-electron chi connectivity index (χ1n) is 12.7. The summed E-state index contributed by atoms with van der Waals surface area (Å²) in [6, 6.07) is 2.31. The van der Waals surface area contributed by atoms with Gasteiger partial charge in [-0.25, -0.2) is 13.5 Å². The topological polar surface area (TPSA) is 128 Å². The molecule has 0 bridgehead atoms. The standard InChI is InChI=1S/C18H24F2N7O4PS.C6H12/c1-30-32(2,29)11-16(28)25-3-5-26(6-4-25)17-14(19)7-13(8-15(17)20)27-10-12(23-24-27)9-22-18(33)31-21;1-6-4-2-3-5-6/h7-8,10H,3-6,9,11,21H2,1-2H3,(H,22,33);6H,2-5H2,1H3. The molecule has 1 aliphatic heterocycles. The van der Waals surface area contributed by atoms with Crippen molar-refractivity contribution in [3.63, 3.8) is 0 Å². The second-order valence-corrected chi connectivity index (χ2v) is 12.9. The van der Waals surface area contributed by atoms with Gasteiger partial charge in [-0.1, -0.05) is 37.8 Å². The number of nitrogens with zero attached hydrogens (tertiary/aromatic N) is 5. The Labute approximate surface area is 232 Å². The maximum atomic E-state index is 14.9. The van der Waals surface area contributed by atoms with Gasteiger partial charge in [-0.05, 0) is 18.1 Å². The fourth-order valence-corrected chi connectivity index (χ4v) is 5.31. The molecule has 2 fully saturated rings. The van der Waals surface area contributed by atoms with Gasteiger partial charge in [0.2, 0.25) is 13.3 Å². The molecule has 4 rings (SSSR count). The number of hydrogen-bond acceptors (Lipinski definition) is 9. The molecule has 2 aromatic rings. The highest BCUT2D eigenvalue weighted by atomic mass is 32.1. The molecule has 1 amide bonds. The zero-order valence-electron chi connectivity index (χ0n) is 22.4. The normalized spacial score (nSPS) is 17.3. The van der Waals surface area contributed by atoms with E-state index in [1.807, 2.05) is 0 Å². The summed E-state index contributed by atoms with van der Waals surface area (Å²) < 4.78 is 47.9. The van der Waals surface area contributed by atoms with E-state index in [9.17, 15) is 18.1 Å². The molecule has 2 aliphatic rings. The Balaban J connectivity index is 0.000000617. The first-order chi connectivity index (χ1) is 18.5. The van der Waals surface area contributed by atoms with E-state index in [0.717, 1.165) is 18.1 Å². The van der Waals surface area contributed by atoms with Crippen LogP contribution in [0.5, 0.6) is 0 Å². The molecular weight excluding hydrogens is 551 g/mol. The fourth-order valence-electron chi connectivity index (χ4n) is 4.42. The third-order valence-electron chi connectivity index (χ3n) is 6.73. The molecule has 39 heavy (non-hydrogen) atoms. The monoisotopic (exact) mass is 587 g/mol. The Morgan fingerprint density at radius 1 is 1.21 bits per heavy atom. The van der Waals surface area contributed by atoms with Crippen molar-refractivity contribution in [2.75, 3.05) is 51.0 Å². The minimum atomic E-state index is -2.99. The van der Waals surface area contributed by atoms with Crippen molar-refractivity contribution >= 4 is 36.4 Å². The van der Waals surface area contributed by atoms with Gasteiger partial charge in [-0.3, -0.25) is 9.36 Å². The molecule has 1 aromatic heterocycles. The molecule has 1 unspecified atom stereocenters. The minimum absolute atomic E-state index is 0.0322. The first-order valence-corrected chi connectivity index (χ1v) is 15.4. The third-order valence-corrected chi connectivity index (χ3v) is 8.59.